The number of benzene rings is 3. The Morgan fingerprint density at radius 2 is 1.48 bits per heavy atom. The molecule has 0 aromatic heterocycles. The predicted octanol–water partition coefficient (Wildman–Crippen LogP) is 5.91. The lowest BCUT2D eigenvalue weighted by atomic mass is 10.0. The highest BCUT2D eigenvalue weighted by Gasteiger charge is 2.16. The molecule has 0 aliphatic heterocycles. The average Bonchev–Trinajstić information content (AvgIpc) is 2.68. The highest BCUT2D eigenvalue weighted by molar-refractivity contribution is 5.70. The molecule has 0 radical (unpaired) electrons. The van der Waals surface area contributed by atoms with Crippen LogP contribution in [0.4, 0.5) is 0 Å². The summed E-state index contributed by atoms with van der Waals surface area (Å²) >= 11 is 0. The second kappa shape index (κ2) is 7.67. The van der Waals surface area contributed by atoms with Crippen molar-refractivity contribution in [3.05, 3.63) is 102 Å². The zero-order chi connectivity index (χ0) is 17.6. The van der Waals surface area contributed by atoms with Gasteiger partial charge in [0.15, 0.2) is 0 Å². The van der Waals surface area contributed by atoms with Crippen LogP contribution in [0.15, 0.2) is 96.7 Å². The average molecular weight is 328 g/mol. The van der Waals surface area contributed by atoms with Crippen LogP contribution in [0, 0.1) is 0 Å². The van der Waals surface area contributed by atoms with Gasteiger partial charge in [-0.05, 0) is 24.6 Å². The van der Waals surface area contributed by atoms with Gasteiger partial charge in [0.25, 0.3) is 0 Å². The molecule has 0 bridgehead atoms. The summed E-state index contributed by atoms with van der Waals surface area (Å²) in [5.41, 5.74) is 6.19. The molecule has 3 rings (SSSR count). The van der Waals surface area contributed by atoms with Gasteiger partial charge in [-0.3, -0.25) is 0 Å². The van der Waals surface area contributed by atoms with E-state index < -0.39 is 6.10 Å². The molecule has 0 saturated carbocycles. The highest BCUT2D eigenvalue weighted by Crippen LogP contribution is 2.37. The Labute approximate surface area is 148 Å². The first-order valence-electron chi connectivity index (χ1n) is 8.16. The second-order valence-corrected chi connectivity index (χ2v) is 5.76. The molecule has 0 aliphatic carbocycles. The van der Waals surface area contributed by atoms with Crippen molar-refractivity contribution in [2.45, 2.75) is 13.0 Å². The van der Waals surface area contributed by atoms with E-state index in [2.05, 4.69) is 12.3 Å². The highest BCUT2D eigenvalue weighted by atomic mass is 16.5. The van der Waals surface area contributed by atoms with Crippen molar-refractivity contribution in [1.82, 2.24) is 0 Å². The minimum Gasteiger partial charge on any atom is -0.456 e. The van der Waals surface area contributed by atoms with E-state index in [1.165, 1.54) is 0 Å². The molecule has 1 atom stereocenters. The second-order valence-electron chi connectivity index (χ2n) is 5.76. The van der Waals surface area contributed by atoms with Crippen LogP contribution in [-0.4, -0.2) is 5.11 Å². The first kappa shape index (κ1) is 16.8. The first-order valence-corrected chi connectivity index (χ1v) is 8.16. The number of rotatable bonds is 5. The molecule has 3 aromatic rings. The van der Waals surface area contributed by atoms with Crippen molar-refractivity contribution < 1.29 is 9.84 Å². The zero-order valence-corrected chi connectivity index (χ0v) is 14.1. The van der Waals surface area contributed by atoms with E-state index in [-0.39, 0.29) is 0 Å². The molecule has 2 heteroatoms. The Bertz CT molecular complexity index is 906. The molecule has 0 saturated heterocycles. The number of aliphatic hydroxyl groups is 1. The van der Waals surface area contributed by atoms with Crippen LogP contribution in [0.3, 0.4) is 0 Å². The predicted molar refractivity (Wildman–Crippen MR) is 102 cm³/mol. The topological polar surface area (TPSA) is 29.5 Å². The van der Waals surface area contributed by atoms with E-state index in [1.54, 1.807) is 6.92 Å². The van der Waals surface area contributed by atoms with Crippen LogP contribution in [0.2, 0.25) is 0 Å². The fourth-order valence-corrected chi connectivity index (χ4v) is 2.66. The Kier molecular flexibility index (Phi) is 5.15. The summed E-state index contributed by atoms with van der Waals surface area (Å²) < 4.78 is 6.19. The molecule has 1 unspecified atom stereocenters. The number of hydrogen-bond donors (Lipinski definition) is 1. The van der Waals surface area contributed by atoms with Crippen LogP contribution in [0.5, 0.6) is 11.5 Å². The van der Waals surface area contributed by atoms with Gasteiger partial charge in [0.1, 0.15) is 17.6 Å². The van der Waals surface area contributed by atoms with Gasteiger partial charge in [-0.2, -0.15) is 0 Å². The minimum atomic E-state index is -0.794. The van der Waals surface area contributed by atoms with Crippen LogP contribution in [0.1, 0.15) is 18.6 Å². The smallest absolute Gasteiger partial charge is 0.135 e. The molecule has 0 heterocycles. The van der Waals surface area contributed by atoms with Gasteiger partial charge in [0.2, 0.25) is 0 Å². The Morgan fingerprint density at radius 3 is 2.20 bits per heavy atom. The molecule has 0 aliphatic rings. The quantitative estimate of drug-likeness (QED) is 0.590. The summed E-state index contributed by atoms with van der Waals surface area (Å²) in [6, 6.07) is 25.5. The van der Waals surface area contributed by atoms with E-state index in [4.69, 9.17) is 4.74 Å². The van der Waals surface area contributed by atoms with Crippen LogP contribution in [0.25, 0.3) is 11.1 Å². The first-order chi connectivity index (χ1) is 12.2. The zero-order valence-electron chi connectivity index (χ0n) is 14.1. The van der Waals surface area contributed by atoms with Gasteiger partial charge in [0.05, 0.1) is 0 Å². The summed E-state index contributed by atoms with van der Waals surface area (Å²) in [5.74, 6) is 1.36. The van der Waals surface area contributed by atoms with Crippen LogP contribution >= 0.6 is 0 Å². The van der Waals surface area contributed by atoms with Crippen LogP contribution in [-0.2, 0) is 0 Å². The summed E-state index contributed by atoms with van der Waals surface area (Å²) in [7, 11) is 0. The maximum atomic E-state index is 10.5. The van der Waals surface area contributed by atoms with E-state index in [1.807, 2.05) is 78.9 Å². The largest absolute Gasteiger partial charge is 0.456 e. The lowest BCUT2D eigenvalue weighted by molar-refractivity contribution is 0.212. The summed E-state index contributed by atoms with van der Waals surface area (Å²) in [6.45, 7) is 5.41. The lowest BCUT2D eigenvalue weighted by Gasteiger charge is -2.17. The molecule has 0 spiro atoms. The van der Waals surface area contributed by atoms with Gasteiger partial charge in [-0.25, -0.2) is 0 Å². The molecule has 3 aromatic carbocycles. The third-order valence-electron chi connectivity index (χ3n) is 4.09. The van der Waals surface area contributed by atoms with E-state index >= 15 is 0 Å². The van der Waals surface area contributed by atoms with Crippen LogP contribution < -0.4 is 4.74 Å². The molecule has 124 valence electrons. The molecular formula is C23H20O2. The summed E-state index contributed by atoms with van der Waals surface area (Å²) in [5, 5.41) is 10.5. The summed E-state index contributed by atoms with van der Waals surface area (Å²) in [4.78, 5) is 0. The molecule has 0 fully saturated rings. The van der Waals surface area contributed by atoms with Crippen molar-refractivity contribution in [3.8, 4) is 22.6 Å². The lowest BCUT2D eigenvalue weighted by Crippen LogP contribution is -2.01. The normalized spacial score (nSPS) is 11.4. The molecule has 2 nitrogen and oxygen atoms in total. The molecule has 0 amide bonds. The maximum Gasteiger partial charge on any atom is 0.135 e. The van der Waals surface area contributed by atoms with Crippen molar-refractivity contribution in [2.24, 2.45) is 0 Å². The molecule has 1 N–H and O–H groups in total. The standard InChI is InChI=1S/C23H20O2/c1-3-17(2)23(24)20-14-8-10-16-22(20)25-21-15-9-7-13-19(21)18-11-5-4-6-12-18/h4-16,23-24H,1H2,2H3. The third-order valence-corrected chi connectivity index (χ3v) is 4.09. The number of aliphatic hydroxyl groups excluding tert-OH is 1. The van der Waals surface area contributed by atoms with Crippen molar-refractivity contribution in [3.63, 3.8) is 0 Å². The van der Waals surface area contributed by atoms with E-state index in [0.717, 1.165) is 16.9 Å². The van der Waals surface area contributed by atoms with Gasteiger partial charge in [-0.15, -0.1) is 5.73 Å². The number of hydrogen-bond acceptors (Lipinski definition) is 2. The van der Waals surface area contributed by atoms with Gasteiger partial charge >= 0.3 is 0 Å². The number of ether oxygens (including phenoxy) is 1. The Morgan fingerprint density at radius 1 is 0.880 bits per heavy atom. The van der Waals surface area contributed by atoms with E-state index in [0.29, 0.717) is 16.9 Å². The van der Waals surface area contributed by atoms with Gasteiger partial charge < -0.3 is 9.84 Å². The monoisotopic (exact) mass is 328 g/mol. The minimum absolute atomic E-state index is 0.619. The third kappa shape index (κ3) is 3.72. The van der Waals surface area contributed by atoms with Crippen molar-refractivity contribution >= 4 is 0 Å². The Balaban J connectivity index is 2.01. The van der Waals surface area contributed by atoms with Crippen molar-refractivity contribution in [2.75, 3.05) is 0 Å². The van der Waals surface area contributed by atoms with Gasteiger partial charge in [0, 0.05) is 16.7 Å². The van der Waals surface area contributed by atoms with Gasteiger partial charge in [-0.1, -0.05) is 73.3 Å². The fourth-order valence-electron chi connectivity index (χ4n) is 2.66. The maximum absolute atomic E-state index is 10.5. The Hall–Kier alpha value is -3.06. The number of para-hydroxylation sites is 2. The SMILES string of the molecule is C=C=C(C)C(O)c1ccccc1Oc1ccccc1-c1ccccc1. The fraction of sp³-hybridized carbons (Fsp3) is 0.0870. The summed E-state index contributed by atoms with van der Waals surface area (Å²) in [6.07, 6.45) is -0.794. The van der Waals surface area contributed by atoms with E-state index in [9.17, 15) is 5.11 Å². The molecular weight excluding hydrogens is 308 g/mol. The van der Waals surface area contributed by atoms with Crippen molar-refractivity contribution in [1.29, 1.82) is 0 Å². The molecule has 25 heavy (non-hydrogen) atoms.